The largest absolute Gasteiger partial charge is 0.268 e. The highest BCUT2D eigenvalue weighted by molar-refractivity contribution is 8.13. The molecule has 0 saturated heterocycles. The summed E-state index contributed by atoms with van der Waals surface area (Å²) in [6, 6.07) is 0. The minimum Gasteiger partial charge on any atom is -0.268 e. The third-order valence-corrected chi connectivity index (χ3v) is 4.83. The Kier molecular flexibility index (Phi) is 6.01. The van der Waals surface area contributed by atoms with Crippen molar-refractivity contribution in [3.05, 3.63) is 11.4 Å². The van der Waals surface area contributed by atoms with E-state index in [1.165, 1.54) is 0 Å². The van der Waals surface area contributed by atoms with Crippen LogP contribution < -0.4 is 0 Å². The number of aromatic nitrogens is 2. The Labute approximate surface area is 118 Å². The quantitative estimate of drug-likeness (QED) is 0.574. The van der Waals surface area contributed by atoms with Crippen LogP contribution in [0.1, 0.15) is 31.7 Å². The predicted molar refractivity (Wildman–Crippen MR) is 77.0 cm³/mol. The van der Waals surface area contributed by atoms with Gasteiger partial charge >= 0.3 is 0 Å². The molecule has 7 heteroatoms. The second-order valence-corrected chi connectivity index (χ2v) is 7.43. The average Bonchev–Trinajstić information content (AvgIpc) is 2.67. The van der Waals surface area contributed by atoms with Crippen molar-refractivity contribution in [3.63, 3.8) is 0 Å². The lowest BCUT2D eigenvalue weighted by atomic mass is 10.2. The van der Waals surface area contributed by atoms with E-state index in [-0.39, 0.29) is 4.90 Å². The van der Waals surface area contributed by atoms with E-state index >= 15 is 0 Å². The van der Waals surface area contributed by atoms with Gasteiger partial charge in [0.15, 0.2) is 0 Å². The van der Waals surface area contributed by atoms with E-state index in [0.29, 0.717) is 18.5 Å². The molecule has 0 aliphatic rings. The Morgan fingerprint density at radius 2 is 2.00 bits per heavy atom. The zero-order valence-electron chi connectivity index (χ0n) is 10.9. The molecule has 1 rings (SSSR count). The molecule has 104 valence electrons. The second-order valence-electron chi connectivity index (χ2n) is 3.94. The van der Waals surface area contributed by atoms with Crippen LogP contribution in [-0.4, -0.2) is 30.2 Å². The maximum absolute atomic E-state index is 11.6. The summed E-state index contributed by atoms with van der Waals surface area (Å²) >= 11 is 1.77. The van der Waals surface area contributed by atoms with Gasteiger partial charge in [0.05, 0.1) is 11.4 Å². The van der Waals surface area contributed by atoms with Crippen molar-refractivity contribution in [1.29, 1.82) is 0 Å². The number of nitrogens with zero attached hydrogens (tertiary/aromatic N) is 2. The summed E-state index contributed by atoms with van der Waals surface area (Å²) in [7, 11) is 1.80. The summed E-state index contributed by atoms with van der Waals surface area (Å²) in [6.45, 7) is 4.55. The Bertz CT molecular complexity index is 497. The molecule has 0 fully saturated rings. The van der Waals surface area contributed by atoms with Crippen LogP contribution in [0.2, 0.25) is 0 Å². The van der Waals surface area contributed by atoms with Crippen molar-refractivity contribution in [1.82, 2.24) is 9.78 Å². The molecule has 18 heavy (non-hydrogen) atoms. The molecule has 4 nitrogen and oxygen atoms in total. The van der Waals surface area contributed by atoms with Crippen LogP contribution >= 0.6 is 22.4 Å². The minimum absolute atomic E-state index is 0.221. The van der Waals surface area contributed by atoms with Crippen molar-refractivity contribution in [3.8, 4) is 0 Å². The Balaban J connectivity index is 3.17. The number of hydrogen-bond donors (Lipinski definition) is 0. The van der Waals surface area contributed by atoms with Gasteiger partial charge in [0.25, 0.3) is 9.05 Å². The number of halogens is 1. The van der Waals surface area contributed by atoms with Gasteiger partial charge in [-0.2, -0.15) is 16.9 Å². The first-order valence-electron chi connectivity index (χ1n) is 5.97. The highest BCUT2D eigenvalue weighted by Crippen LogP contribution is 2.25. The van der Waals surface area contributed by atoms with Crippen molar-refractivity contribution in [2.45, 2.75) is 44.6 Å². The molecule has 0 saturated carbocycles. The third kappa shape index (κ3) is 3.65. The van der Waals surface area contributed by atoms with E-state index in [1.807, 2.05) is 13.8 Å². The Hall–Kier alpha value is -0.200. The molecule has 1 aromatic heterocycles. The summed E-state index contributed by atoms with van der Waals surface area (Å²) in [5.74, 6) is 1.04. The molecule has 0 amide bonds. The molecular weight excluding hydrogens is 292 g/mol. The predicted octanol–water partition coefficient (Wildman–Crippen LogP) is 2.69. The third-order valence-electron chi connectivity index (χ3n) is 2.71. The molecule has 0 bridgehead atoms. The Morgan fingerprint density at radius 1 is 1.33 bits per heavy atom. The van der Waals surface area contributed by atoms with Crippen LogP contribution in [0.4, 0.5) is 0 Å². The Morgan fingerprint density at radius 3 is 2.44 bits per heavy atom. The zero-order valence-corrected chi connectivity index (χ0v) is 13.3. The first-order chi connectivity index (χ1) is 8.45. The molecule has 0 N–H and O–H groups in total. The first-order valence-corrected chi connectivity index (χ1v) is 9.68. The smallest absolute Gasteiger partial charge is 0.264 e. The van der Waals surface area contributed by atoms with E-state index in [9.17, 15) is 8.42 Å². The lowest BCUT2D eigenvalue weighted by Gasteiger charge is -2.05. The van der Waals surface area contributed by atoms with Gasteiger partial charge in [0.1, 0.15) is 4.90 Å². The molecule has 1 heterocycles. The van der Waals surface area contributed by atoms with Gasteiger partial charge in [-0.25, -0.2) is 8.42 Å². The molecule has 0 unspecified atom stereocenters. The van der Waals surface area contributed by atoms with E-state index in [0.717, 1.165) is 24.4 Å². The highest BCUT2D eigenvalue weighted by atomic mass is 35.7. The molecule has 0 atom stereocenters. The molecular formula is C11H19ClN2O2S2. The van der Waals surface area contributed by atoms with Crippen LogP contribution in [0.15, 0.2) is 4.90 Å². The number of thioether (sulfide) groups is 1. The van der Waals surface area contributed by atoms with Crippen LogP contribution in [0.5, 0.6) is 0 Å². The second kappa shape index (κ2) is 6.82. The number of rotatable bonds is 7. The van der Waals surface area contributed by atoms with E-state index < -0.39 is 9.05 Å². The van der Waals surface area contributed by atoms with Gasteiger partial charge in [-0.05, 0) is 31.3 Å². The van der Waals surface area contributed by atoms with Gasteiger partial charge in [0.2, 0.25) is 0 Å². The van der Waals surface area contributed by atoms with E-state index in [2.05, 4.69) is 11.4 Å². The summed E-state index contributed by atoms with van der Waals surface area (Å²) in [6.07, 6.45) is 4.22. The van der Waals surface area contributed by atoms with Crippen LogP contribution in [-0.2, 0) is 28.4 Å². The van der Waals surface area contributed by atoms with E-state index in [1.54, 1.807) is 16.4 Å². The molecule has 0 radical (unpaired) electrons. The summed E-state index contributed by atoms with van der Waals surface area (Å²) in [5, 5.41) is 4.38. The fraction of sp³-hybridized carbons (Fsp3) is 0.727. The molecule has 0 aromatic carbocycles. The van der Waals surface area contributed by atoms with Crippen molar-refractivity contribution in [2.75, 3.05) is 12.0 Å². The zero-order chi connectivity index (χ0) is 13.8. The fourth-order valence-electron chi connectivity index (χ4n) is 1.93. The summed E-state index contributed by atoms with van der Waals surface area (Å²) in [4.78, 5) is 0.221. The maximum Gasteiger partial charge on any atom is 0.264 e. The van der Waals surface area contributed by atoms with Crippen LogP contribution in [0, 0.1) is 0 Å². The normalized spacial score (nSPS) is 12.0. The lowest BCUT2D eigenvalue weighted by molar-refractivity contribution is 0.571. The maximum atomic E-state index is 11.6. The van der Waals surface area contributed by atoms with Crippen molar-refractivity contribution in [2.24, 2.45) is 0 Å². The van der Waals surface area contributed by atoms with Gasteiger partial charge in [0, 0.05) is 17.2 Å². The standard InChI is InChI=1S/C11H19ClN2O2S2/c1-4-9-11(18(12,15)16)10(5-2)14(13-9)7-6-8-17-3/h4-8H2,1-3H3. The van der Waals surface area contributed by atoms with Crippen LogP contribution in [0.3, 0.4) is 0 Å². The molecule has 1 aromatic rings. The monoisotopic (exact) mass is 310 g/mol. The van der Waals surface area contributed by atoms with Crippen molar-refractivity contribution < 1.29 is 8.42 Å². The SMILES string of the molecule is CCc1nn(CCCSC)c(CC)c1S(=O)(=O)Cl. The first kappa shape index (κ1) is 15.9. The number of aryl methyl sites for hydroxylation is 2. The van der Waals surface area contributed by atoms with Gasteiger partial charge in [-0.1, -0.05) is 13.8 Å². The van der Waals surface area contributed by atoms with Crippen molar-refractivity contribution >= 4 is 31.5 Å². The lowest BCUT2D eigenvalue weighted by Crippen LogP contribution is -2.07. The van der Waals surface area contributed by atoms with Crippen LogP contribution in [0.25, 0.3) is 0 Å². The average molecular weight is 311 g/mol. The molecule has 0 aliphatic carbocycles. The van der Waals surface area contributed by atoms with Gasteiger partial charge in [-0.15, -0.1) is 0 Å². The van der Waals surface area contributed by atoms with E-state index in [4.69, 9.17) is 10.7 Å². The topological polar surface area (TPSA) is 52.0 Å². The minimum atomic E-state index is -3.71. The molecule has 0 spiro atoms. The fourth-order valence-corrected chi connectivity index (χ4v) is 3.88. The number of hydrogen-bond acceptors (Lipinski definition) is 4. The summed E-state index contributed by atoms with van der Waals surface area (Å²) in [5.41, 5.74) is 1.30. The molecule has 0 aliphatic heterocycles. The van der Waals surface area contributed by atoms with Gasteiger partial charge in [-0.3, -0.25) is 4.68 Å². The van der Waals surface area contributed by atoms with Gasteiger partial charge < -0.3 is 0 Å². The summed E-state index contributed by atoms with van der Waals surface area (Å²) < 4.78 is 25.1. The highest BCUT2D eigenvalue weighted by Gasteiger charge is 2.25.